The fourth-order valence-electron chi connectivity index (χ4n) is 4.38. The van der Waals surface area contributed by atoms with Crippen LogP contribution in [0.2, 0.25) is 0 Å². The van der Waals surface area contributed by atoms with Crippen LogP contribution in [0.15, 0.2) is 71.9 Å². The minimum atomic E-state index is -3.74. The van der Waals surface area contributed by atoms with Crippen molar-refractivity contribution >= 4 is 38.4 Å². The standard InChI is InChI=1S/C26H29N7O2S/c1-33-13-11-18(12-14-33)15-28-24-10-5-19(16-29-24)23-4-2-3-20-17-30-26(32-25(20)23)31-21-6-8-22(9-7-21)36(27,34)35/h2-10,16-18H,11-15H2,1H3,(H,28,29)(H2,27,34,35)(H,30,31,32). The number of nitrogens with zero attached hydrogens (tertiary/aromatic N) is 4. The fourth-order valence-corrected chi connectivity index (χ4v) is 4.89. The molecule has 0 aliphatic carbocycles. The van der Waals surface area contributed by atoms with Gasteiger partial charge in [0.05, 0.1) is 10.4 Å². The van der Waals surface area contributed by atoms with Gasteiger partial charge in [-0.3, -0.25) is 0 Å². The molecule has 36 heavy (non-hydrogen) atoms. The van der Waals surface area contributed by atoms with E-state index >= 15 is 0 Å². The Labute approximate surface area is 210 Å². The number of primary sulfonamides is 1. The number of nitrogens with one attached hydrogen (secondary N) is 2. The van der Waals surface area contributed by atoms with E-state index in [2.05, 4.69) is 38.6 Å². The third-order valence-corrected chi connectivity index (χ3v) is 7.46. The van der Waals surface area contributed by atoms with Crippen molar-refractivity contribution in [3.63, 3.8) is 0 Å². The summed E-state index contributed by atoms with van der Waals surface area (Å²) in [6, 6.07) is 16.2. The molecule has 0 unspecified atom stereocenters. The van der Waals surface area contributed by atoms with E-state index in [-0.39, 0.29) is 4.90 Å². The van der Waals surface area contributed by atoms with E-state index in [1.165, 1.54) is 25.0 Å². The Morgan fingerprint density at radius 3 is 2.47 bits per heavy atom. The highest BCUT2D eigenvalue weighted by Crippen LogP contribution is 2.28. The molecular formula is C26H29N7O2S. The maximum Gasteiger partial charge on any atom is 0.238 e. The molecule has 2 aromatic carbocycles. The van der Waals surface area contributed by atoms with Crippen LogP contribution in [-0.4, -0.2) is 55.0 Å². The lowest BCUT2D eigenvalue weighted by molar-refractivity contribution is 0.226. The molecule has 10 heteroatoms. The lowest BCUT2D eigenvalue weighted by atomic mass is 9.97. The molecular weight excluding hydrogens is 474 g/mol. The Bertz CT molecular complexity index is 1450. The van der Waals surface area contributed by atoms with Crippen molar-refractivity contribution in [3.05, 3.63) is 67.0 Å². The Morgan fingerprint density at radius 2 is 1.78 bits per heavy atom. The van der Waals surface area contributed by atoms with E-state index in [9.17, 15) is 8.42 Å². The molecule has 0 radical (unpaired) electrons. The number of benzene rings is 2. The van der Waals surface area contributed by atoms with Crippen LogP contribution in [0.25, 0.3) is 22.0 Å². The summed E-state index contributed by atoms with van der Waals surface area (Å²) >= 11 is 0. The fraction of sp³-hybridized carbons (Fsp3) is 0.269. The molecule has 1 aliphatic rings. The van der Waals surface area contributed by atoms with Gasteiger partial charge in [-0.25, -0.2) is 28.5 Å². The molecule has 3 heterocycles. The molecule has 4 N–H and O–H groups in total. The second kappa shape index (κ2) is 10.2. The highest BCUT2D eigenvalue weighted by atomic mass is 32.2. The quantitative estimate of drug-likeness (QED) is 0.347. The maximum absolute atomic E-state index is 11.5. The average molecular weight is 504 g/mol. The van der Waals surface area contributed by atoms with Crippen LogP contribution in [0, 0.1) is 5.92 Å². The van der Waals surface area contributed by atoms with Crippen LogP contribution in [0.3, 0.4) is 0 Å². The van der Waals surface area contributed by atoms with E-state index in [0.29, 0.717) is 17.6 Å². The van der Waals surface area contributed by atoms with E-state index < -0.39 is 10.0 Å². The van der Waals surface area contributed by atoms with Gasteiger partial charge in [-0.1, -0.05) is 18.2 Å². The van der Waals surface area contributed by atoms with Gasteiger partial charge < -0.3 is 15.5 Å². The Balaban J connectivity index is 1.33. The van der Waals surface area contributed by atoms with Crippen LogP contribution in [0.1, 0.15) is 12.8 Å². The molecule has 4 aromatic rings. The van der Waals surface area contributed by atoms with Crippen molar-refractivity contribution in [1.29, 1.82) is 0 Å². The number of likely N-dealkylation sites (tertiary alicyclic amines) is 1. The predicted octanol–water partition coefficient (Wildman–Crippen LogP) is 3.84. The van der Waals surface area contributed by atoms with Crippen molar-refractivity contribution in [1.82, 2.24) is 19.9 Å². The highest BCUT2D eigenvalue weighted by molar-refractivity contribution is 7.89. The lowest BCUT2D eigenvalue weighted by Crippen LogP contribution is -2.33. The number of fused-ring (bicyclic) bond motifs is 1. The molecule has 0 spiro atoms. The van der Waals surface area contributed by atoms with Crippen LogP contribution in [0.4, 0.5) is 17.5 Å². The van der Waals surface area contributed by atoms with Crippen LogP contribution < -0.4 is 15.8 Å². The molecule has 9 nitrogen and oxygen atoms in total. The number of hydrogen-bond donors (Lipinski definition) is 3. The van der Waals surface area contributed by atoms with Crippen molar-refractivity contribution in [2.75, 3.05) is 37.3 Å². The third kappa shape index (κ3) is 5.62. The van der Waals surface area contributed by atoms with Gasteiger partial charge in [0.25, 0.3) is 0 Å². The molecule has 186 valence electrons. The summed E-state index contributed by atoms with van der Waals surface area (Å²) in [5.74, 6) is 1.96. The van der Waals surface area contributed by atoms with Crippen LogP contribution >= 0.6 is 0 Å². The number of anilines is 3. The summed E-state index contributed by atoms with van der Waals surface area (Å²) in [6.07, 6.45) is 6.05. The van der Waals surface area contributed by atoms with Crippen LogP contribution in [0.5, 0.6) is 0 Å². The topological polar surface area (TPSA) is 126 Å². The molecule has 0 atom stereocenters. The van der Waals surface area contributed by atoms with Gasteiger partial charge in [0.2, 0.25) is 16.0 Å². The van der Waals surface area contributed by atoms with Gasteiger partial charge in [0.1, 0.15) is 5.82 Å². The van der Waals surface area contributed by atoms with Crippen molar-refractivity contribution in [2.45, 2.75) is 17.7 Å². The number of rotatable bonds is 7. The molecule has 1 fully saturated rings. The van der Waals surface area contributed by atoms with E-state index in [1.807, 2.05) is 30.5 Å². The monoisotopic (exact) mass is 503 g/mol. The Hall–Kier alpha value is -3.60. The Morgan fingerprint density at radius 1 is 1.00 bits per heavy atom. The SMILES string of the molecule is CN1CCC(CNc2ccc(-c3cccc4cnc(Nc5ccc(S(N)(=O)=O)cc5)nc34)cn2)CC1. The molecule has 0 saturated carbocycles. The first kappa shape index (κ1) is 24.1. The summed E-state index contributed by atoms with van der Waals surface area (Å²) in [5.41, 5.74) is 3.37. The summed E-state index contributed by atoms with van der Waals surface area (Å²) in [5, 5.41) is 12.7. The van der Waals surface area contributed by atoms with Crippen molar-refractivity contribution in [2.24, 2.45) is 11.1 Å². The number of aromatic nitrogens is 3. The molecule has 0 amide bonds. The zero-order valence-corrected chi connectivity index (χ0v) is 20.9. The van der Waals surface area contributed by atoms with E-state index in [1.54, 1.807) is 18.3 Å². The summed E-state index contributed by atoms with van der Waals surface area (Å²) < 4.78 is 23.0. The first-order valence-electron chi connectivity index (χ1n) is 11.9. The second-order valence-electron chi connectivity index (χ2n) is 9.19. The lowest BCUT2D eigenvalue weighted by Gasteiger charge is -2.29. The number of nitrogens with two attached hydrogens (primary N) is 1. The van der Waals surface area contributed by atoms with Crippen molar-refractivity contribution < 1.29 is 8.42 Å². The minimum absolute atomic E-state index is 0.0477. The Kier molecular flexibility index (Phi) is 6.82. The molecule has 1 saturated heterocycles. The van der Waals surface area contributed by atoms with Gasteiger partial charge in [-0.05, 0) is 75.3 Å². The molecule has 0 bridgehead atoms. The summed E-state index contributed by atoms with van der Waals surface area (Å²) in [6.45, 7) is 3.24. The molecule has 5 rings (SSSR count). The number of sulfonamides is 1. The smallest absolute Gasteiger partial charge is 0.238 e. The number of hydrogen-bond acceptors (Lipinski definition) is 8. The van der Waals surface area contributed by atoms with E-state index in [4.69, 9.17) is 10.1 Å². The first-order valence-corrected chi connectivity index (χ1v) is 13.4. The van der Waals surface area contributed by atoms with Gasteiger partial charge in [-0.2, -0.15) is 0 Å². The number of piperidine rings is 1. The summed E-state index contributed by atoms with van der Waals surface area (Å²) in [7, 11) is -1.57. The zero-order valence-electron chi connectivity index (χ0n) is 20.1. The van der Waals surface area contributed by atoms with Gasteiger partial charge in [0.15, 0.2) is 0 Å². The maximum atomic E-state index is 11.5. The summed E-state index contributed by atoms with van der Waals surface area (Å²) in [4.78, 5) is 16.2. The van der Waals surface area contributed by atoms with Gasteiger partial charge in [0, 0.05) is 41.1 Å². The predicted molar refractivity (Wildman–Crippen MR) is 143 cm³/mol. The van der Waals surface area contributed by atoms with Gasteiger partial charge >= 0.3 is 0 Å². The first-order chi connectivity index (χ1) is 17.3. The number of pyridine rings is 1. The normalized spacial score (nSPS) is 15.2. The largest absolute Gasteiger partial charge is 0.370 e. The second-order valence-corrected chi connectivity index (χ2v) is 10.8. The zero-order chi connectivity index (χ0) is 25.1. The average Bonchev–Trinajstić information content (AvgIpc) is 2.88. The molecule has 2 aromatic heterocycles. The number of para-hydroxylation sites is 1. The minimum Gasteiger partial charge on any atom is -0.370 e. The highest BCUT2D eigenvalue weighted by Gasteiger charge is 2.16. The van der Waals surface area contributed by atoms with Gasteiger partial charge in [-0.15, -0.1) is 0 Å². The molecule has 1 aliphatic heterocycles. The van der Waals surface area contributed by atoms with Crippen molar-refractivity contribution in [3.8, 4) is 11.1 Å². The van der Waals surface area contributed by atoms with E-state index in [0.717, 1.165) is 47.5 Å². The van der Waals surface area contributed by atoms with Crippen LogP contribution in [-0.2, 0) is 10.0 Å². The third-order valence-electron chi connectivity index (χ3n) is 6.53.